The van der Waals surface area contributed by atoms with Gasteiger partial charge in [0.05, 0.1) is 23.9 Å². The van der Waals surface area contributed by atoms with Crippen molar-refractivity contribution in [1.82, 2.24) is 15.2 Å². The summed E-state index contributed by atoms with van der Waals surface area (Å²) in [6.45, 7) is 11.5. The topological polar surface area (TPSA) is 37.4 Å². The van der Waals surface area contributed by atoms with Gasteiger partial charge in [-0.05, 0) is 5.92 Å². The highest BCUT2D eigenvalue weighted by atomic mass is 32.1. The van der Waals surface area contributed by atoms with Gasteiger partial charge in [-0.2, -0.15) is 0 Å². The second-order valence-corrected chi connectivity index (χ2v) is 6.22. The molecule has 0 spiro atoms. The van der Waals surface area contributed by atoms with Crippen LogP contribution in [0.3, 0.4) is 0 Å². The molecule has 2 heterocycles. The summed E-state index contributed by atoms with van der Waals surface area (Å²) in [6.07, 6.45) is 1.04. The average Bonchev–Trinajstić information content (AvgIpc) is 2.89. The van der Waals surface area contributed by atoms with Gasteiger partial charge in [0, 0.05) is 44.5 Å². The zero-order valence-electron chi connectivity index (χ0n) is 12.0. The van der Waals surface area contributed by atoms with Crippen LogP contribution in [0, 0.1) is 0 Å². The monoisotopic (exact) mass is 283 g/mol. The third-order valence-electron chi connectivity index (χ3n) is 3.39. The van der Waals surface area contributed by atoms with Gasteiger partial charge in [-0.1, -0.05) is 13.8 Å². The lowest BCUT2D eigenvalue weighted by atomic mass is 10.2. The van der Waals surface area contributed by atoms with E-state index in [1.165, 1.54) is 10.7 Å². The quantitative estimate of drug-likeness (QED) is 0.773. The molecule has 19 heavy (non-hydrogen) atoms. The van der Waals surface area contributed by atoms with Crippen LogP contribution in [0.4, 0.5) is 0 Å². The fourth-order valence-corrected chi connectivity index (χ4v) is 3.05. The van der Waals surface area contributed by atoms with Crippen molar-refractivity contribution in [2.45, 2.75) is 26.2 Å². The first-order valence-corrected chi connectivity index (χ1v) is 8.09. The highest BCUT2D eigenvalue weighted by molar-refractivity contribution is 7.09. The predicted molar refractivity (Wildman–Crippen MR) is 80.0 cm³/mol. The molecule has 1 fully saturated rings. The van der Waals surface area contributed by atoms with Crippen molar-refractivity contribution < 1.29 is 4.74 Å². The maximum atomic E-state index is 5.34. The number of ether oxygens (including phenoxy) is 1. The minimum Gasteiger partial charge on any atom is -0.379 e. The third-order valence-corrected chi connectivity index (χ3v) is 4.31. The van der Waals surface area contributed by atoms with Gasteiger partial charge in [-0.15, -0.1) is 11.3 Å². The molecule has 1 aromatic heterocycles. The van der Waals surface area contributed by atoms with E-state index >= 15 is 0 Å². The molecule has 0 aliphatic carbocycles. The van der Waals surface area contributed by atoms with Gasteiger partial charge in [0.2, 0.25) is 0 Å². The number of nitrogens with one attached hydrogen (secondary N) is 1. The Kier molecular flexibility index (Phi) is 6.23. The summed E-state index contributed by atoms with van der Waals surface area (Å²) in [5.41, 5.74) is 1.23. The lowest BCUT2D eigenvalue weighted by Gasteiger charge is -2.26. The Hall–Kier alpha value is -0.490. The van der Waals surface area contributed by atoms with Gasteiger partial charge in [0.15, 0.2) is 0 Å². The Labute approximate surface area is 120 Å². The molecule has 1 saturated heterocycles. The number of rotatable bonds is 7. The molecule has 1 N–H and O–H groups in total. The smallest absolute Gasteiger partial charge is 0.0941 e. The van der Waals surface area contributed by atoms with Gasteiger partial charge >= 0.3 is 0 Å². The standard InChI is InChI=1S/C14H25N3OS/c1-12(2)13-11-19-14(16-13)3-4-15-5-6-17-7-9-18-10-8-17/h11-12,15H,3-10H2,1-2H3. The fourth-order valence-electron chi connectivity index (χ4n) is 2.09. The van der Waals surface area contributed by atoms with E-state index in [1.54, 1.807) is 11.3 Å². The fraction of sp³-hybridized carbons (Fsp3) is 0.786. The Morgan fingerprint density at radius 3 is 2.84 bits per heavy atom. The molecule has 0 amide bonds. The number of hydrogen-bond acceptors (Lipinski definition) is 5. The van der Waals surface area contributed by atoms with E-state index in [9.17, 15) is 0 Å². The largest absolute Gasteiger partial charge is 0.379 e. The van der Waals surface area contributed by atoms with Gasteiger partial charge in [0.1, 0.15) is 0 Å². The van der Waals surface area contributed by atoms with Crippen LogP contribution in [-0.2, 0) is 11.2 Å². The van der Waals surface area contributed by atoms with E-state index in [0.29, 0.717) is 5.92 Å². The molecule has 0 bridgehead atoms. The second-order valence-electron chi connectivity index (χ2n) is 5.27. The van der Waals surface area contributed by atoms with Gasteiger partial charge in [0.25, 0.3) is 0 Å². The van der Waals surface area contributed by atoms with Crippen LogP contribution in [0.1, 0.15) is 30.5 Å². The van der Waals surface area contributed by atoms with E-state index in [4.69, 9.17) is 4.74 Å². The third kappa shape index (κ3) is 5.18. The van der Waals surface area contributed by atoms with E-state index in [0.717, 1.165) is 52.4 Å². The van der Waals surface area contributed by atoms with Gasteiger partial charge < -0.3 is 10.1 Å². The average molecular weight is 283 g/mol. The zero-order valence-corrected chi connectivity index (χ0v) is 12.8. The van der Waals surface area contributed by atoms with Crippen molar-refractivity contribution in [3.63, 3.8) is 0 Å². The van der Waals surface area contributed by atoms with Crippen LogP contribution in [0.25, 0.3) is 0 Å². The Balaban J connectivity index is 1.55. The van der Waals surface area contributed by atoms with Crippen molar-refractivity contribution in [1.29, 1.82) is 0 Å². The minimum absolute atomic E-state index is 0.541. The van der Waals surface area contributed by atoms with Crippen molar-refractivity contribution in [3.05, 3.63) is 16.1 Å². The van der Waals surface area contributed by atoms with Crippen molar-refractivity contribution in [2.24, 2.45) is 0 Å². The molecule has 1 aliphatic heterocycles. The molecule has 0 aromatic carbocycles. The first-order chi connectivity index (χ1) is 9.25. The van der Waals surface area contributed by atoms with Gasteiger partial charge in [-0.3, -0.25) is 4.90 Å². The first-order valence-electron chi connectivity index (χ1n) is 7.21. The minimum atomic E-state index is 0.541. The van der Waals surface area contributed by atoms with Crippen LogP contribution < -0.4 is 5.32 Å². The van der Waals surface area contributed by atoms with E-state index in [-0.39, 0.29) is 0 Å². The maximum Gasteiger partial charge on any atom is 0.0941 e. The van der Waals surface area contributed by atoms with E-state index in [2.05, 4.69) is 34.4 Å². The molecule has 5 heteroatoms. The van der Waals surface area contributed by atoms with Gasteiger partial charge in [-0.25, -0.2) is 4.98 Å². The lowest BCUT2D eigenvalue weighted by Crippen LogP contribution is -2.40. The zero-order chi connectivity index (χ0) is 13.5. The first kappa shape index (κ1) is 14.9. The molecule has 0 unspecified atom stereocenters. The molecule has 1 aromatic rings. The van der Waals surface area contributed by atoms with Crippen LogP contribution in [0.5, 0.6) is 0 Å². The van der Waals surface area contributed by atoms with Crippen molar-refractivity contribution in [2.75, 3.05) is 45.9 Å². The molecule has 1 aliphatic rings. The van der Waals surface area contributed by atoms with Crippen LogP contribution in [0.2, 0.25) is 0 Å². The second kappa shape index (κ2) is 7.94. The molecular formula is C14H25N3OS. The summed E-state index contributed by atoms with van der Waals surface area (Å²) in [4.78, 5) is 7.10. The lowest BCUT2D eigenvalue weighted by molar-refractivity contribution is 0.0385. The molecule has 108 valence electrons. The maximum absolute atomic E-state index is 5.34. The number of nitrogens with zero attached hydrogens (tertiary/aromatic N) is 2. The summed E-state index contributed by atoms with van der Waals surface area (Å²) >= 11 is 1.79. The molecular weight excluding hydrogens is 258 g/mol. The van der Waals surface area contributed by atoms with Crippen molar-refractivity contribution in [3.8, 4) is 0 Å². The number of morpholine rings is 1. The highest BCUT2D eigenvalue weighted by Crippen LogP contribution is 2.17. The Morgan fingerprint density at radius 2 is 2.16 bits per heavy atom. The summed E-state index contributed by atoms with van der Waals surface area (Å²) in [5, 5.41) is 6.94. The molecule has 0 atom stereocenters. The van der Waals surface area contributed by atoms with Crippen LogP contribution in [-0.4, -0.2) is 55.8 Å². The SMILES string of the molecule is CC(C)c1csc(CCNCCN2CCOCC2)n1. The Bertz CT molecular complexity index is 361. The molecule has 0 radical (unpaired) electrons. The predicted octanol–water partition coefficient (Wildman–Crippen LogP) is 1.73. The molecule has 2 rings (SSSR count). The molecule has 4 nitrogen and oxygen atoms in total. The number of aromatic nitrogens is 1. The van der Waals surface area contributed by atoms with E-state index < -0.39 is 0 Å². The molecule has 0 saturated carbocycles. The Morgan fingerprint density at radius 1 is 1.37 bits per heavy atom. The van der Waals surface area contributed by atoms with Crippen molar-refractivity contribution >= 4 is 11.3 Å². The summed E-state index contributed by atoms with van der Waals surface area (Å²) in [5.74, 6) is 0.541. The van der Waals surface area contributed by atoms with Crippen LogP contribution >= 0.6 is 11.3 Å². The summed E-state index contributed by atoms with van der Waals surface area (Å²) in [7, 11) is 0. The summed E-state index contributed by atoms with van der Waals surface area (Å²) < 4.78 is 5.34. The highest BCUT2D eigenvalue weighted by Gasteiger charge is 2.09. The van der Waals surface area contributed by atoms with E-state index in [1.807, 2.05) is 0 Å². The number of hydrogen-bond donors (Lipinski definition) is 1. The van der Waals surface area contributed by atoms with Crippen LogP contribution in [0.15, 0.2) is 5.38 Å². The normalized spacial score (nSPS) is 17.2. The summed E-state index contributed by atoms with van der Waals surface area (Å²) in [6, 6.07) is 0. The number of thiazole rings is 1.